The number of aromatic nitrogens is 1. The number of fused-ring (bicyclic) bond motifs is 8. The fourth-order valence-electron chi connectivity index (χ4n) is 8.51. The van der Waals surface area contributed by atoms with Gasteiger partial charge in [-0.1, -0.05) is 117 Å². The number of para-hydroxylation sites is 2. The number of rotatable bonds is 7. The van der Waals surface area contributed by atoms with Crippen molar-refractivity contribution in [2.24, 2.45) is 7.05 Å². The highest BCUT2D eigenvalue weighted by molar-refractivity contribution is 6.17. The predicted molar refractivity (Wildman–Crippen MR) is 193 cm³/mol. The Hall–Kier alpha value is -4.82. The first kappa shape index (κ1) is 27.7. The summed E-state index contributed by atoms with van der Waals surface area (Å²) in [6.07, 6.45) is 4.58. The van der Waals surface area contributed by atoms with Crippen molar-refractivity contribution < 1.29 is 0 Å². The Morgan fingerprint density at radius 3 is 2.02 bits per heavy atom. The molecular weight excluding hydrogens is 544 g/mol. The summed E-state index contributed by atoms with van der Waals surface area (Å²) in [5.74, 6) is 0. The van der Waals surface area contributed by atoms with Crippen molar-refractivity contribution in [1.29, 1.82) is 0 Å². The normalized spacial score (nSPS) is 13.4. The van der Waals surface area contributed by atoms with Crippen LogP contribution in [0.15, 0.2) is 121 Å². The third-order valence-corrected chi connectivity index (χ3v) is 10.3. The van der Waals surface area contributed by atoms with Gasteiger partial charge in [0.1, 0.15) is 0 Å². The van der Waals surface area contributed by atoms with Gasteiger partial charge in [-0.25, -0.2) is 0 Å². The third-order valence-electron chi connectivity index (χ3n) is 10.3. The Bertz CT molecular complexity index is 2210. The number of anilines is 3. The average molecular weight is 585 g/mol. The van der Waals surface area contributed by atoms with E-state index in [1.165, 1.54) is 77.5 Å². The fraction of sp³-hybridized carbons (Fsp3) is 0.209. The van der Waals surface area contributed by atoms with Crippen LogP contribution >= 0.6 is 0 Å². The highest BCUT2D eigenvalue weighted by atomic mass is 15.1. The second-order valence-corrected chi connectivity index (χ2v) is 12.9. The molecule has 0 atom stereocenters. The summed E-state index contributed by atoms with van der Waals surface area (Å²) in [7, 11) is 2.19. The van der Waals surface area contributed by atoms with Crippen LogP contribution < -0.4 is 4.90 Å². The maximum Gasteiger partial charge on any atom is 0.0562 e. The first-order valence-corrected chi connectivity index (χ1v) is 16.6. The lowest BCUT2D eigenvalue weighted by Gasteiger charge is -2.34. The van der Waals surface area contributed by atoms with Gasteiger partial charge in [0.05, 0.1) is 16.9 Å². The van der Waals surface area contributed by atoms with Crippen molar-refractivity contribution in [3.63, 3.8) is 0 Å². The van der Waals surface area contributed by atoms with E-state index >= 15 is 0 Å². The van der Waals surface area contributed by atoms with E-state index in [-0.39, 0.29) is 5.41 Å². The van der Waals surface area contributed by atoms with Crippen LogP contribution in [0.2, 0.25) is 0 Å². The summed E-state index contributed by atoms with van der Waals surface area (Å²) in [5.41, 5.74) is 13.3. The number of hydrogen-bond acceptors (Lipinski definition) is 1. The van der Waals surface area contributed by atoms with Gasteiger partial charge in [-0.05, 0) is 83.8 Å². The van der Waals surface area contributed by atoms with Crippen LogP contribution in [0.5, 0.6) is 0 Å². The maximum absolute atomic E-state index is 2.58. The van der Waals surface area contributed by atoms with Crippen LogP contribution in [-0.4, -0.2) is 4.57 Å². The number of hydrogen-bond donors (Lipinski definition) is 0. The van der Waals surface area contributed by atoms with Gasteiger partial charge in [0.2, 0.25) is 0 Å². The summed E-state index contributed by atoms with van der Waals surface area (Å²) < 4.78 is 2.34. The molecule has 0 saturated heterocycles. The molecule has 0 N–H and O–H groups in total. The molecule has 0 spiro atoms. The van der Waals surface area contributed by atoms with Gasteiger partial charge in [-0.3, -0.25) is 0 Å². The third kappa shape index (κ3) is 4.01. The topological polar surface area (TPSA) is 8.17 Å². The molecule has 2 nitrogen and oxygen atoms in total. The second-order valence-electron chi connectivity index (χ2n) is 12.9. The minimum absolute atomic E-state index is 0.00716. The van der Waals surface area contributed by atoms with Crippen LogP contribution in [-0.2, 0) is 12.5 Å². The van der Waals surface area contributed by atoms with Gasteiger partial charge in [0.25, 0.3) is 0 Å². The Morgan fingerprint density at radius 1 is 0.600 bits per heavy atom. The molecule has 8 rings (SSSR count). The van der Waals surface area contributed by atoms with Crippen molar-refractivity contribution in [2.45, 2.75) is 51.9 Å². The van der Waals surface area contributed by atoms with E-state index in [2.05, 4.69) is 159 Å². The van der Waals surface area contributed by atoms with Crippen molar-refractivity contribution in [3.05, 3.63) is 138 Å². The largest absolute Gasteiger partial charge is 0.344 e. The molecule has 1 heterocycles. The Labute approximate surface area is 266 Å². The molecule has 1 aliphatic rings. The zero-order chi connectivity index (χ0) is 30.7. The standard InChI is InChI=1S/C43H40N2/c1-5-25-43(26-6-2)35-27-29(3)23-24-33(35)41-32-18-11-10-17-31(32)40(28-36(41)43)45(30-15-8-7-9-16-30)39-22-14-21-38-42(39)34-19-12-13-20-37(34)44(38)4/h7-24,27-28H,5-6,25-26H2,1-4H3. The molecule has 2 heteroatoms. The highest BCUT2D eigenvalue weighted by Gasteiger charge is 2.43. The van der Waals surface area contributed by atoms with E-state index in [0.29, 0.717) is 0 Å². The van der Waals surface area contributed by atoms with E-state index < -0.39 is 0 Å². The van der Waals surface area contributed by atoms with Crippen LogP contribution in [0.1, 0.15) is 56.2 Å². The molecular formula is C43H40N2. The lowest BCUT2D eigenvalue weighted by atomic mass is 9.71. The van der Waals surface area contributed by atoms with Crippen LogP contribution in [0, 0.1) is 6.92 Å². The molecule has 0 saturated carbocycles. The number of aryl methyl sites for hydroxylation is 2. The van der Waals surface area contributed by atoms with E-state index in [4.69, 9.17) is 0 Å². The highest BCUT2D eigenvalue weighted by Crippen LogP contribution is 2.58. The van der Waals surface area contributed by atoms with Crippen molar-refractivity contribution in [1.82, 2.24) is 4.57 Å². The number of benzene rings is 6. The molecule has 6 aromatic carbocycles. The van der Waals surface area contributed by atoms with E-state index in [0.717, 1.165) is 25.7 Å². The van der Waals surface area contributed by atoms with Gasteiger partial charge >= 0.3 is 0 Å². The molecule has 222 valence electrons. The summed E-state index contributed by atoms with van der Waals surface area (Å²) in [6, 6.07) is 45.5. The SMILES string of the molecule is CCCC1(CCC)c2cc(C)ccc2-c2c1cc(N(c1ccccc1)c1cccc3c1c1ccccc1n3C)c1ccccc21. The van der Waals surface area contributed by atoms with E-state index in [9.17, 15) is 0 Å². The molecule has 45 heavy (non-hydrogen) atoms. The van der Waals surface area contributed by atoms with Gasteiger partial charge in [0.15, 0.2) is 0 Å². The Morgan fingerprint density at radius 2 is 1.27 bits per heavy atom. The van der Waals surface area contributed by atoms with Crippen LogP contribution in [0.3, 0.4) is 0 Å². The summed E-state index contributed by atoms with van der Waals surface area (Å²) >= 11 is 0. The quantitative estimate of drug-likeness (QED) is 0.181. The zero-order valence-corrected chi connectivity index (χ0v) is 26.8. The fourth-order valence-corrected chi connectivity index (χ4v) is 8.51. The predicted octanol–water partition coefficient (Wildman–Crippen LogP) is 12.1. The monoisotopic (exact) mass is 584 g/mol. The minimum atomic E-state index is -0.00716. The second kappa shape index (κ2) is 10.7. The van der Waals surface area contributed by atoms with Crippen molar-refractivity contribution in [3.8, 4) is 11.1 Å². The summed E-state index contributed by atoms with van der Waals surface area (Å²) in [6.45, 7) is 6.95. The van der Waals surface area contributed by atoms with E-state index in [1.54, 1.807) is 0 Å². The van der Waals surface area contributed by atoms with Crippen LogP contribution in [0.4, 0.5) is 17.1 Å². The molecule has 0 radical (unpaired) electrons. The molecule has 0 aliphatic heterocycles. The average Bonchev–Trinajstić information content (AvgIpc) is 3.51. The van der Waals surface area contributed by atoms with Gasteiger partial charge < -0.3 is 9.47 Å². The molecule has 0 amide bonds. The lowest BCUT2D eigenvalue weighted by molar-refractivity contribution is 0.436. The van der Waals surface area contributed by atoms with Gasteiger partial charge in [0, 0.05) is 39.8 Å². The number of nitrogens with zero attached hydrogens (tertiary/aromatic N) is 2. The molecule has 1 aromatic heterocycles. The molecule has 0 unspecified atom stereocenters. The Balaban J connectivity index is 1.52. The van der Waals surface area contributed by atoms with Crippen molar-refractivity contribution in [2.75, 3.05) is 4.90 Å². The molecule has 0 fully saturated rings. The smallest absolute Gasteiger partial charge is 0.0562 e. The first-order chi connectivity index (χ1) is 22.1. The lowest BCUT2D eigenvalue weighted by Crippen LogP contribution is -2.25. The zero-order valence-electron chi connectivity index (χ0n) is 26.8. The van der Waals surface area contributed by atoms with Gasteiger partial charge in [-0.2, -0.15) is 0 Å². The Kier molecular flexibility index (Phi) is 6.57. The minimum Gasteiger partial charge on any atom is -0.344 e. The maximum atomic E-state index is 2.58. The summed E-state index contributed by atoms with van der Waals surface area (Å²) in [4.78, 5) is 2.54. The summed E-state index contributed by atoms with van der Waals surface area (Å²) in [5, 5.41) is 5.20. The molecule has 1 aliphatic carbocycles. The molecule has 7 aromatic rings. The molecule has 0 bridgehead atoms. The van der Waals surface area contributed by atoms with Crippen LogP contribution in [0.25, 0.3) is 43.7 Å². The van der Waals surface area contributed by atoms with Crippen molar-refractivity contribution >= 4 is 49.6 Å². The van der Waals surface area contributed by atoms with Gasteiger partial charge in [-0.15, -0.1) is 0 Å². The van der Waals surface area contributed by atoms with E-state index in [1.807, 2.05) is 0 Å². The first-order valence-electron chi connectivity index (χ1n) is 16.6.